The first-order chi connectivity index (χ1) is 9.13. The summed E-state index contributed by atoms with van der Waals surface area (Å²) in [6, 6.07) is 16.8. The zero-order chi connectivity index (χ0) is 13.8. The van der Waals surface area contributed by atoms with Crippen LogP contribution in [0.4, 0.5) is 5.69 Å². The lowest BCUT2D eigenvalue weighted by molar-refractivity contribution is 0.634. The van der Waals surface area contributed by atoms with Gasteiger partial charge in [-0.25, -0.2) is 5.43 Å². The minimum absolute atomic E-state index is 0.0254. The summed E-state index contributed by atoms with van der Waals surface area (Å²) in [5.41, 5.74) is 7.71. The molecule has 0 fully saturated rings. The van der Waals surface area contributed by atoms with Crippen LogP contribution in [0.2, 0.25) is 0 Å². The van der Waals surface area contributed by atoms with E-state index >= 15 is 0 Å². The molecule has 0 aliphatic rings. The highest BCUT2D eigenvalue weighted by Gasteiger charge is 2.14. The Balaban J connectivity index is 2.35. The van der Waals surface area contributed by atoms with Crippen molar-refractivity contribution in [3.63, 3.8) is 0 Å². The predicted molar refractivity (Wildman–Crippen MR) is 81.1 cm³/mol. The number of nitrogens with two attached hydrogens (primary N) is 1. The Bertz CT molecular complexity index is 532. The molecule has 3 nitrogen and oxygen atoms in total. The molecule has 19 heavy (non-hydrogen) atoms. The second-order valence-electron chi connectivity index (χ2n) is 4.94. The van der Waals surface area contributed by atoms with E-state index in [1.54, 1.807) is 0 Å². The Kier molecular flexibility index (Phi) is 4.20. The second-order valence-corrected chi connectivity index (χ2v) is 4.94. The maximum atomic E-state index is 5.74. The lowest BCUT2D eigenvalue weighted by Crippen LogP contribution is -2.29. The van der Waals surface area contributed by atoms with Crippen molar-refractivity contribution in [2.24, 2.45) is 5.84 Å². The molecule has 0 aromatic heterocycles. The van der Waals surface area contributed by atoms with Gasteiger partial charge in [-0.3, -0.25) is 5.84 Å². The van der Waals surface area contributed by atoms with Crippen LogP contribution in [0.15, 0.2) is 48.5 Å². The Morgan fingerprint density at radius 3 is 2.16 bits per heavy atom. The molecule has 0 aliphatic heterocycles. The summed E-state index contributed by atoms with van der Waals surface area (Å²) in [5.74, 6) is 5.74. The van der Waals surface area contributed by atoms with Crippen LogP contribution in [0.25, 0.3) is 0 Å². The molecule has 100 valence electrons. The van der Waals surface area contributed by atoms with Gasteiger partial charge < -0.3 is 4.90 Å². The van der Waals surface area contributed by atoms with E-state index in [1.165, 1.54) is 22.4 Å². The monoisotopic (exact) mass is 255 g/mol. The van der Waals surface area contributed by atoms with Crippen molar-refractivity contribution in [2.75, 3.05) is 19.0 Å². The van der Waals surface area contributed by atoms with Gasteiger partial charge in [0.1, 0.15) is 0 Å². The van der Waals surface area contributed by atoms with E-state index in [0.717, 1.165) is 0 Å². The molecule has 2 aromatic rings. The first-order valence-corrected chi connectivity index (χ1v) is 6.42. The van der Waals surface area contributed by atoms with Crippen molar-refractivity contribution in [2.45, 2.75) is 13.0 Å². The SMILES string of the molecule is Cc1ccccc1C(NN)c1ccc(N(C)C)cc1. The standard InChI is InChI=1S/C16H21N3/c1-12-6-4-5-7-15(12)16(18-17)13-8-10-14(11-9-13)19(2)3/h4-11,16,18H,17H2,1-3H3. The lowest BCUT2D eigenvalue weighted by Gasteiger charge is -2.20. The summed E-state index contributed by atoms with van der Waals surface area (Å²) in [5, 5.41) is 0. The van der Waals surface area contributed by atoms with Crippen LogP contribution in [0.1, 0.15) is 22.7 Å². The van der Waals surface area contributed by atoms with Crippen molar-refractivity contribution in [3.05, 3.63) is 65.2 Å². The van der Waals surface area contributed by atoms with Gasteiger partial charge >= 0.3 is 0 Å². The Morgan fingerprint density at radius 2 is 1.63 bits per heavy atom. The third-order valence-electron chi connectivity index (χ3n) is 3.41. The topological polar surface area (TPSA) is 41.3 Å². The molecule has 0 heterocycles. The predicted octanol–water partition coefficient (Wildman–Crippen LogP) is 2.61. The van der Waals surface area contributed by atoms with Crippen molar-refractivity contribution < 1.29 is 0 Å². The molecule has 0 bridgehead atoms. The number of aryl methyl sites for hydroxylation is 1. The summed E-state index contributed by atoms with van der Waals surface area (Å²) < 4.78 is 0. The summed E-state index contributed by atoms with van der Waals surface area (Å²) in [7, 11) is 4.07. The number of anilines is 1. The first kappa shape index (κ1) is 13.6. The van der Waals surface area contributed by atoms with Crippen LogP contribution in [0.3, 0.4) is 0 Å². The molecule has 0 amide bonds. The first-order valence-electron chi connectivity index (χ1n) is 6.42. The lowest BCUT2D eigenvalue weighted by atomic mass is 9.95. The molecule has 0 spiro atoms. The van der Waals surface area contributed by atoms with Gasteiger partial charge in [0.25, 0.3) is 0 Å². The number of rotatable bonds is 4. The van der Waals surface area contributed by atoms with Crippen LogP contribution < -0.4 is 16.2 Å². The largest absolute Gasteiger partial charge is 0.378 e. The number of hydrogen-bond donors (Lipinski definition) is 2. The zero-order valence-electron chi connectivity index (χ0n) is 11.7. The zero-order valence-corrected chi connectivity index (χ0v) is 11.7. The van der Waals surface area contributed by atoms with Crippen molar-refractivity contribution in [3.8, 4) is 0 Å². The van der Waals surface area contributed by atoms with Crippen LogP contribution in [0, 0.1) is 6.92 Å². The Morgan fingerprint density at radius 1 is 1.00 bits per heavy atom. The van der Waals surface area contributed by atoms with Gasteiger partial charge in [-0.05, 0) is 35.7 Å². The number of benzene rings is 2. The number of nitrogens with zero attached hydrogens (tertiary/aromatic N) is 1. The molecule has 3 heteroatoms. The van der Waals surface area contributed by atoms with E-state index in [2.05, 4.69) is 53.6 Å². The minimum atomic E-state index is 0.0254. The molecular formula is C16H21N3. The van der Waals surface area contributed by atoms with Gasteiger partial charge in [-0.15, -0.1) is 0 Å². The van der Waals surface area contributed by atoms with E-state index in [0.29, 0.717) is 0 Å². The maximum Gasteiger partial charge on any atom is 0.0712 e. The van der Waals surface area contributed by atoms with Crippen LogP contribution in [-0.2, 0) is 0 Å². The van der Waals surface area contributed by atoms with Gasteiger partial charge in [0.15, 0.2) is 0 Å². The summed E-state index contributed by atoms with van der Waals surface area (Å²) >= 11 is 0. The summed E-state index contributed by atoms with van der Waals surface area (Å²) in [4.78, 5) is 2.09. The average molecular weight is 255 g/mol. The Labute approximate surface area is 115 Å². The summed E-state index contributed by atoms with van der Waals surface area (Å²) in [6.45, 7) is 2.11. The van der Waals surface area contributed by atoms with E-state index in [1.807, 2.05) is 26.2 Å². The van der Waals surface area contributed by atoms with E-state index in [9.17, 15) is 0 Å². The average Bonchev–Trinajstić information content (AvgIpc) is 2.42. The molecular weight excluding hydrogens is 234 g/mol. The molecule has 1 atom stereocenters. The molecule has 3 N–H and O–H groups in total. The fourth-order valence-electron chi connectivity index (χ4n) is 2.24. The molecule has 1 unspecified atom stereocenters. The van der Waals surface area contributed by atoms with Crippen molar-refractivity contribution >= 4 is 5.69 Å². The fourth-order valence-corrected chi connectivity index (χ4v) is 2.24. The van der Waals surface area contributed by atoms with E-state index in [4.69, 9.17) is 5.84 Å². The molecule has 0 saturated heterocycles. The summed E-state index contributed by atoms with van der Waals surface area (Å²) in [6.07, 6.45) is 0. The van der Waals surface area contributed by atoms with Gasteiger partial charge in [0, 0.05) is 19.8 Å². The highest BCUT2D eigenvalue weighted by Crippen LogP contribution is 2.25. The van der Waals surface area contributed by atoms with Crippen LogP contribution in [-0.4, -0.2) is 14.1 Å². The molecule has 2 aromatic carbocycles. The van der Waals surface area contributed by atoms with E-state index in [-0.39, 0.29) is 6.04 Å². The second kappa shape index (κ2) is 5.87. The van der Waals surface area contributed by atoms with Crippen LogP contribution in [0.5, 0.6) is 0 Å². The van der Waals surface area contributed by atoms with Crippen molar-refractivity contribution in [1.82, 2.24) is 5.43 Å². The van der Waals surface area contributed by atoms with Crippen molar-refractivity contribution in [1.29, 1.82) is 0 Å². The number of nitrogens with one attached hydrogen (secondary N) is 1. The third-order valence-corrected chi connectivity index (χ3v) is 3.41. The van der Waals surface area contributed by atoms with Gasteiger partial charge in [0.2, 0.25) is 0 Å². The third kappa shape index (κ3) is 2.95. The van der Waals surface area contributed by atoms with Crippen LogP contribution >= 0.6 is 0 Å². The highest BCUT2D eigenvalue weighted by molar-refractivity contribution is 5.48. The minimum Gasteiger partial charge on any atom is -0.378 e. The quantitative estimate of drug-likeness (QED) is 0.652. The molecule has 2 rings (SSSR count). The smallest absolute Gasteiger partial charge is 0.0712 e. The van der Waals surface area contributed by atoms with E-state index < -0.39 is 0 Å². The normalized spacial score (nSPS) is 12.2. The molecule has 0 aliphatic carbocycles. The Hall–Kier alpha value is -1.84. The number of hydrogen-bond acceptors (Lipinski definition) is 3. The fraction of sp³-hybridized carbons (Fsp3) is 0.250. The van der Waals surface area contributed by atoms with Gasteiger partial charge in [0.05, 0.1) is 6.04 Å². The molecule has 0 saturated carbocycles. The van der Waals surface area contributed by atoms with Gasteiger partial charge in [-0.2, -0.15) is 0 Å². The van der Waals surface area contributed by atoms with Gasteiger partial charge in [-0.1, -0.05) is 36.4 Å². The maximum absolute atomic E-state index is 5.74. The molecule has 0 radical (unpaired) electrons. The number of hydrazine groups is 1. The highest BCUT2D eigenvalue weighted by atomic mass is 15.2.